The second-order valence-corrected chi connectivity index (χ2v) is 8.08. The zero-order chi connectivity index (χ0) is 22.0. The molecule has 0 aliphatic carbocycles. The van der Waals surface area contributed by atoms with Crippen LogP contribution < -0.4 is 5.32 Å². The number of nitrogens with zero attached hydrogens (tertiary/aromatic N) is 2. The van der Waals surface area contributed by atoms with E-state index >= 15 is 0 Å². The molecule has 1 aliphatic rings. The van der Waals surface area contributed by atoms with E-state index in [1.165, 1.54) is 6.20 Å². The molecule has 164 valence electrons. The molecule has 0 spiro atoms. The summed E-state index contributed by atoms with van der Waals surface area (Å²) in [6, 6.07) is 10.9. The average Bonchev–Trinajstić information content (AvgIpc) is 3.47. The fourth-order valence-corrected chi connectivity index (χ4v) is 4.01. The van der Waals surface area contributed by atoms with Gasteiger partial charge in [-0.25, -0.2) is 4.98 Å². The lowest BCUT2D eigenvalue weighted by atomic mass is 9.95. The van der Waals surface area contributed by atoms with E-state index in [9.17, 15) is 25.2 Å². The highest BCUT2D eigenvalue weighted by Gasteiger charge is 2.43. The van der Waals surface area contributed by atoms with Gasteiger partial charge in [0.1, 0.15) is 41.1 Å². The minimum atomic E-state index is -1.45. The third-order valence-electron chi connectivity index (χ3n) is 4.98. The van der Waals surface area contributed by atoms with Gasteiger partial charge < -0.3 is 35.0 Å². The molecule has 3 aromatic rings. The number of aliphatic hydroxyl groups is 4. The number of carbonyl (C=O) groups excluding carboxylic acids is 1. The number of nitrogens with one attached hydrogen (secondary N) is 1. The molecule has 1 saturated heterocycles. The SMILES string of the molecule is O=C(c1cc(-c2ccccc2)no1)c1cnc(NCC2OC(CO)C(O)C(O)C2O)s1. The topological polar surface area (TPSA) is 158 Å². The fourth-order valence-electron chi connectivity index (χ4n) is 3.24. The van der Waals surface area contributed by atoms with Crippen molar-refractivity contribution in [2.24, 2.45) is 0 Å². The maximum Gasteiger partial charge on any atom is 0.242 e. The van der Waals surface area contributed by atoms with Crippen LogP contribution in [-0.2, 0) is 4.74 Å². The largest absolute Gasteiger partial charge is 0.394 e. The van der Waals surface area contributed by atoms with Gasteiger partial charge >= 0.3 is 0 Å². The lowest BCUT2D eigenvalue weighted by Crippen LogP contribution is -2.60. The molecule has 1 aliphatic heterocycles. The Balaban J connectivity index is 1.39. The quantitative estimate of drug-likeness (QED) is 0.319. The first-order valence-corrected chi connectivity index (χ1v) is 10.4. The smallest absolute Gasteiger partial charge is 0.242 e. The van der Waals surface area contributed by atoms with Crippen molar-refractivity contribution in [3.63, 3.8) is 0 Å². The molecule has 11 heteroatoms. The van der Waals surface area contributed by atoms with Gasteiger partial charge in [-0.2, -0.15) is 0 Å². The standard InChI is InChI=1S/C20H21N3O7S/c24-9-14-18(27)19(28)17(26)13(29-14)7-21-20-22-8-15(31-20)16(25)12-6-11(23-30-12)10-4-2-1-3-5-10/h1-6,8,13-14,17-19,24,26-28H,7,9H2,(H,21,22). The maximum atomic E-state index is 12.7. The molecule has 0 bridgehead atoms. The minimum absolute atomic E-state index is 0.0447. The normalized spacial score (nSPS) is 26.0. The molecule has 3 heterocycles. The van der Waals surface area contributed by atoms with E-state index in [1.807, 2.05) is 30.3 Å². The molecular weight excluding hydrogens is 426 g/mol. The number of aromatic nitrogens is 2. The molecule has 31 heavy (non-hydrogen) atoms. The highest BCUT2D eigenvalue weighted by atomic mass is 32.1. The first-order valence-electron chi connectivity index (χ1n) is 9.55. The Morgan fingerprint density at radius 3 is 2.58 bits per heavy atom. The Kier molecular flexibility index (Phi) is 6.41. The average molecular weight is 447 g/mol. The van der Waals surface area contributed by atoms with E-state index in [1.54, 1.807) is 6.07 Å². The van der Waals surface area contributed by atoms with Gasteiger partial charge in [0, 0.05) is 18.2 Å². The summed E-state index contributed by atoms with van der Waals surface area (Å²) in [5.74, 6) is -0.281. The Hall–Kier alpha value is -2.67. The van der Waals surface area contributed by atoms with Crippen molar-refractivity contribution in [1.82, 2.24) is 10.1 Å². The molecule has 0 amide bonds. The first-order chi connectivity index (χ1) is 15.0. The third kappa shape index (κ3) is 4.51. The zero-order valence-electron chi connectivity index (χ0n) is 16.2. The highest BCUT2D eigenvalue weighted by molar-refractivity contribution is 7.17. The fraction of sp³-hybridized carbons (Fsp3) is 0.350. The number of hydrogen-bond donors (Lipinski definition) is 5. The predicted molar refractivity (Wildman–Crippen MR) is 110 cm³/mol. The van der Waals surface area contributed by atoms with Gasteiger partial charge in [-0.05, 0) is 0 Å². The van der Waals surface area contributed by atoms with Gasteiger partial charge in [0.05, 0.1) is 12.8 Å². The van der Waals surface area contributed by atoms with Crippen LogP contribution in [0.15, 0.2) is 47.1 Å². The van der Waals surface area contributed by atoms with Gasteiger partial charge in [0.2, 0.25) is 11.5 Å². The van der Waals surface area contributed by atoms with Crippen molar-refractivity contribution in [2.75, 3.05) is 18.5 Å². The van der Waals surface area contributed by atoms with Crippen molar-refractivity contribution in [3.05, 3.63) is 53.2 Å². The number of ether oxygens (including phenoxy) is 1. The zero-order valence-corrected chi connectivity index (χ0v) is 17.0. The van der Waals surface area contributed by atoms with Crippen LogP contribution >= 0.6 is 11.3 Å². The summed E-state index contributed by atoms with van der Waals surface area (Å²) < 4.78 is 10.6. The van der Waals surface area contributed by atoms with Crippen LogP contribution in [0.25, 0.3) is 11.3 Å². The summed E-state index contributed by atoms with van der Waals surface area (Å²) in [5, 5.41) is 46.3. The third-order valence-corrected chi connectivity index (χ3v) is 5.93. The number of rotatable bonds is 7. The number of aliphatic hydroxyl groups excluding tert-OH is 4. The molecule has 1 aromatic carbocycles. The van der Waals surface area contributed by atoms with Crippen LogP contribution in [0.3, 0.4) is 0 Å². The number of benzene rings is 1. The second kappa shape index (κ2) is 9.22. The second-order valence-electron chi connectivity index (χ2n) is 7.05. The van der Waals surface area contributed by atoms with Crippen LogP contribution in [0.4, 0.5) is 5.13 Å². The van der Waals surface area contributed by atoms with Crippen LogP contribution in [0.5, 0.6) is 0 Å². The van der Waals surface area contributed by atoms with Crippen molar-refractivity contribution in [2.45, 2.75) is 30.5 Å². The number of carbonyl (C=O) groups is 1. The van der Waals surface area contributed by atoms with Crippen molar-refractivity contribution >= 4 is 22.3 Å². The van der Waals surface area contributed by atoms with Crippen LogP contribution in [-0.4, -0.2) is 80.0 Å². The molecule has 5 unspecified atom stereocenters. The summed E-state index contributed by atoms with van der Waals surface area (Å²) in [6.45, 7) is -0.456. The first kappa shape index (κ1) is 21.6. The minimum Gasteiger partial charge on any atom is -0.394 e. The summed E-state index contributed by atoms with van der Waals surface area (Å²) in [4.78, 5) is 17.1. The lowest BCUT2D eigenvalue weighted by molar-refractivity contribution is -0.225. The van der Waals surface area contributed by atoms with Gasteiger partial charge in [-0.15, -0.1) is 0 Å². The van der Waals surface area contributed by atoms with Gasteiger partial charge in [0.15, 0.2) is 5.13 Å². The molecule has 0 radical (unpaired) electrons. The van der Waals surface area contributed by atoms with Crippen molar-refractivity contribution in [3.8, 4) is 11.3 Å². The van der Waals surface area contributed by atoms with Gasteiger partial charge in [0.25, 0.3) is 0 Å². The summed E-state index contributed by atoms with van der Waals surface area (Å²) in [5.41, 5.74) is 1.38. The number of anilines is 1. The summed E-state index contributed by atoms with van der Waals surface area (Å²) in [7, 11) is 0. The van der Waals surface area contributed by atoms with Crippen LogP contribution in [0.2, 0.25) is 0 Å². The van der Waals surface area contributed by atoms with Crippen molar-refractivity contribution < 1.29 is 34.5 Å². The van der Waals surface area contributed by atoms with Gasteiger partial charge in [-0.1, -0.05) is 46.8 Å². The summed E-state index contributed by atoms with van der Waals surface area (Å²) in [6.07, 6.45) is -4.69. The van der Waals surface area contributed by atoms with E-state index < -0.39 is 37.1 Å². The van der Waals surface area contributed by atoms with E-state index in [-0.39, 0.29) is 18.1 Å². The van der Waals surface area contributed by atoms with E-state index in [4.69, 9.17) is 9.26 Å². The highest BCUT2D eigenvalue weighted by Crippen LogP contribution is 2.26. The lowest BCUT2D eigenvalue weighted by Gasteiger charge is -2.40. The number of ketones is 1. The molecular formula is C20H21N3O7S. The Labute approximate surface area is 180 Å². The van der Waals surface area contributed by atoms with Crippen molar-refractivity contribution in [1.29, 1.82) is 0 Å². The molecule has 10 nitrogen and oxygen atoms in total. The van der Waals surface area contributed by atoms with E-state index in [2.05, 4.69) is 15.5 Å². The van der Waals surface area contributed by atoms with Crippen LogP contribution in [0.1, 0.15) is 15.4 Å². The molecule has 2 aromatic heterocycles. The molecule has 5 N–H and O–H groups in total. The van der Waals surface area contributed by atoms with E-state index in [0.717, 1.165) is 16.9 Å². The Morgan fingerprint density at radius 2 is 1.84 bits per heavy atom. The Bertz CT molecular complexity index is 1020. The predicted octanol–water partition coefficient (Wildman–Crippen LogP) is 0.283. The molecule has 4 rings (SSSR count). The monoisotopic (exact) mass is 447 g/mol. The van der Waals surface area contributed by atoms with Crippen LogP contribution in [0, 0.1) is 0 Å². The van der Waals surface area contributed by atoms with E-state index in [0.29, 0.717) is 15.7 Å². The number of hydrogen-bond acceptors (Lipinski definition) is 11. The molecule has 5 atom stereocenters. The summed E-state index contributed by atoms with van der Waals surface area (Å²) >= 11 is 1.08. The Morgan fingerprint density at radius 1 is 1.10 bits per heavy atom. The molecule has 1 fully saturated rings. The number of thiazole rings is 1. The van der Waals surface area contributed by atoms with Gasteiger partial charge in [-0.3, -0.25) is 4.79 Å². The maximum absolute atomic E-state index is 12.7. The molecule has 0 saturated carbocycles.